The lowest BCUT2D eigenvalue weighted by Gasteiger charge is -2.38. The predicted octanol–water partition coefficient (Wildman–Crippen LogP) is 3.63. The van der Waals surface area contributed by atoms with Crippen LogP contribution in [0.15, 0.2) is 15.9 Å². The minimum atomic E-state index is 0.320. The lowest BCUT2D eigenvalue weighted by Crippen LogP contribution is -2.43. The van der Waals surface area contributed by atoms with E-state index in [1.165, 1.54) is 28.7 Å². The number of nitrogens with two attached hydrogens (primary N) is 1. The predicted molar refractivity (Wildman–Crippen MR) is 78.4 cm³/mol. The summed E-state index contributed by atoms with van der Waals surface area (Å²) in [6.45, 7) is 6.80. The monoisotopic (exact) mass is 316 g/mol. The highest BCUT2D eigenvalue weighted by Crippen LogP contribution is 2.32. The Balaban J connectivity index is 2.02. The van der Waals surface area contributed by atoms with E-state index < -0.39 is 0 Å². The van der Waals surface area contributed by atoms with Crippen LogP contribution in [-0.2, 0) is 0 Å². The Labute approximate surface area is 116 Å². The zero-order valence-electron chi connectivity index (χ0n) is 10.5. The summed E-state index contributed by atoms with van der Waals surface area (Å²) < 4.78 is 1.20. The van der Waals surface area contributed by atoms with Gasteiger partial charge in [-0.05, 0) is 61.1 Å². The van der Waals surface area contributed by atoms with Crippen molar-refractivity contribution in [1.29, 1.82) is 0 Å². The molecule has 1 fully saturated rings. The second-order valence-corrected chi connectivity index (χ2v) is 6.96. The number of hydrogen-bond acceptors (Lipinski definition) is 3. The molecule has 2 rings (SSSR count). The van der Waals surface area contributed by atoms with E-state index in [9.17, 15) is 0 Å². The zero-order chi connectivity index (χ0) is 12.4. The van der Waals surface area contributed by atoms with Gasteiger partial charge in [-0.3, -0.25) is 4.90 Å². The Kier molecular flexibility index (Phi) is 4.64. The first-order valence-corrected chi connectivity index (χ1v) is 7.98. The highest BCUT2D eigenvalue weighted by molar-refractivity contribution is 9.10. The summed E-state index contributed by atoms with van der Waals surface area (Å²) in [5, 5.41) is 2.17. The van der Waals surface area contributed by atoms with E-state index in [2.05, 4.69) is 46.1 Å². The van der Waals surface area contributed by atoms with Crippen LogP contribution >= 0.6 is 27.3 Å². The van der Waals surface area contributed by atoms with Crippen LogP contribution in [0.3, 0.4) is 0 Å². The molecule has 0 radical (unpaired) electrons. The zero-order valence-corrected chi connectivity index (χ0v) is 12.9. The minimum absolute atomic E-state index is 0.320. The summed E-state index contributed by atoms with van der Waals surface area (Å²) >= 11 is 5.37. The van der Waals surface area contributed by atoms with Gasteiger partial charge >= 0.3 is 0 Å². The minimum Gasteiger partial charge on any atom is -0.328 e. The summed E-state index contributed by atoms with van der Waals surface area (Å²) in [5.74, 6) is 0.662. The summed E-state index contributed by atoms with van der Waals surface area (Å²) in [7, 11) is 0. The quantitative estimate of drug-likeness (QED) is 0.922. The fourth-order valence-corrected chi connectivity index (χ4v) is 4.08. The molecule has 0 aromatic carbocycles. The molecule has 1 aliphatic heterocycles. The number of likely N-dealkylation sites (tertiary alicyclic amines) is 1. The molecule has 17 heavy (non-hydrogen) atoms. The normalized spacial score (nSPS) is 25.8. The van der Waals surface area contributed by atoms with Gasteiger partial charge in [0.25, 0.3) is 0 Å². The SMILES string of the molecule is CC(N)C1CCCN(C(C)c2cc(Br)cs2)C1. The molecule has 2 N–H and O–H groups in total. The fraction of sp³-hybridized carbons (Fsp3) is 0.692. The van der Waals surface area contributed by atoms with Gasteiger partial charge in [0.05, 0.1) is 0 Å². The first-order valence-electron chi connectivity index (χ1n) is 6.31. The average Bonchev–Trinajstić information content (AvgIpc) is 2.75. The van der Waals surface area contributed by atoms with Crippen LogP contribution in [0.5, 0.6) is 0 Å². The molecule has 0 bridgehead atoms. The van der Waals surface area contributed by atoms with Gasteiger partial charge in [-0.2, -0.15) is 0 Å². The Morgan fingerprint density at radius 3 is 2.88 bits per heavy atom. The maximum atomic E-state index is 6.04. The molecule has 96 valence electrons. The van der Waals surface area contributed by atoms with E-state index in [0.717, 1.165) is 6.54 Å². The molecule has 0 aliphatic carbocycles. The molecule has 1 aromatic rings. The van der Waals surface area contributed by atoms with Gasteiger partial charge in [-0.1, -0.05) is 0 Å². The molecule has 3 unspecified atom stereocenters. The molecule has 0 saturated carbocycles. The van der Waals surface area contributed by atoms with Crippen molar-refractivity contribution in [3.8, 4) is 0 Å². The molecule has 1 aromatic heterocycles. The Bertz CT molecular complexity index is 364. The second-order valence-electron chi connectivity index (χ2n) is 5.10. The highest BCUT2D eigenvalue weighted by atomic mass is 79.9. The summed E-state index contributed by atoms with van der Waals surface area (Å²) in [6, 6.07) is 3.08. The van der Waals surface area contributed by atoms with Gasteiger partial charge < -0.3 is 5.73 Å². The molecule has 2 heterocycles. The van der Waals surface area contributed by atoms with Crippen molar-refractivity contribution in [2.24, 2.45) is 11.7 Å². The molecule has 0 spiro atoms. The van der Waals surface area contributed by atoms with Gasteiger partial charge in [0.2, 0.25) is 0 Å². The van der Waals surface area contributed by atoms with E-state index >= 15 is 0 Å². The third-order valence-electron chi connectivity index (χ3n) is 3.78. The number of piperidine rings is 1. The Morgan fingerprint density at radius 2 is 2.29 bits per heavy atom. The Hall–Kier alpha value is 0.1000. The molecule has 2 nitrogen and oxygen atoms in total. The van der Waals surface area contributed by atoms with E-state index in [-0.39, 0.29) is 0 Å². The number of hydrogen-bond donors (Lipinski definition) is 1. The van der Waals surface area contributed by atoms with Crippen LogP contribution in [0.25, 0.3) is 0 Å². The van der Waals surface area contributed by atoms with Crippen molar-refractivity contribution < 1.29 is 0 Å². The Morgan fingerprint density at radius 1 is 1.53 bits per heavy atom. The summed E-state index contributed by atoms with van der Waals surface area (Å²) in [5.41, 5.74) is 6.04. The highest BCUT2D eigenvalue weighted by Gasteiger charge is 2.26. The van der Waals surface area contributed by atoms with Crippen LogP contribution in [0.2, 0.25) is 0 Å². The van der Waals surface area contributed by atoms with Crippen LogP contribution in [0, 0.1) is 5.92 Å². The molecule has 1 saturated heterocycles. The van der Waals surface area contributed by atoms with Gasteiger partial charge in [0.15, 0.2) is 0 Å². The molecular formula is C13H21BrN2S. The molecular weight excluding hydrogens is 296 g/mol. The van der Waals surface area contributed by atoms with Gasteiger partial charge in [0, 0.05) is 33.4 Å². The number of rotatable bonds is 3. The van der Waals surface area contributed by atoms with Gasteiger partial charge in [-0.15, -0.1) is 11.3 Å². The molecule has 1 aliphatic rings. The maximum absolute atomic E-state index is 6.04. The van der Waals surface area contributed by atoms with Crippen molar-refractivity contribution in [3.63, 3.8) is 0 Å². The third-order valence-corrected chi connectivity index (χ3v) is 5.64. The summed E-state index contributed by atoms with van der Waals surface area (Å²) in [6.07, 6.45) is 2.57. The number of thiophene rings is 1. The van der Waals surface area contributed by atoms with Crippen LogP contribution in [0.4, 0.5) is 0 Å². The van der Waals surface area contributed by atoms with Crippen LogP contribution < -0.4 is 5.73 Å². The smallest absolute Gasteiger partial charge is 0.0413 e. The van der Waals surface area contributed by atoms with E-state index in [1.54, 1.807) is 0 Å². The first-order chi connectivity index (χ1) is 8.08. The van der Waals surface area contributed by atoms with Crippen molar-refractivity contribution >= 4 is 27.3 Å². The second kappa shape index (κ2) is 5.83. The van der Waals surface area contributed by atoms with Crippen molar-refractivity contribution in [1.82, 2.24) is 4.90 Å². The molecule has 3 atom stereocenters. The van der Waals surface area contributed by atoms with Crippen LogP contribution in [-0.4, -0.2) is 24.0 Å². The van der Waals surface area contributed by atoms with Crippen molar-refractivity contribution in [2.75, 3.05) is 13.1 Å². The van der Waals surface area contributed by atoms with Gasteiger partial charge in [-0.25, -0.2) is 0 Å². The topological polar surface area (TPSA) is 29.3 Å². The summed E-state index contributed by atoms with van der Waals surface area (Å²) in [4.78, 5) is 4.03. The van der Waals surface area contributed by atoms with Gasteiger partial charge in [0.1, 0.15) is 0 Å². The van der Waals surface area contributed by atoms with E-state index in [1.807, 2.05) is 11.3 Å². The standard InChI is InChI=1S/C13H21BrN2S/c1-9(15)11-4-3-5-16(7-11)10(2)13-6-12(14)8-17-13/h6,8-11H,3-5,7,15H2,1-2H3. The third kappa shape index (κ3) is 3.31. The maximum Gasteiger partial charge on any atom is 0.0413 e. The lowest BCUT2D eigenvalue weighted by atomic mass is 9.91. The molecule has 0 amide bonds. The lowest BCUT2D eigenvalue weighted by molar-refractivity contribution is 0.123. The number of nitrogens with zero attached hydrogens (tertiary/aromatic N) is 1. The van der Waals surface area contributed by atoms with E-state index in [0.29, 0.717) is 18.0 Å². The average molecular weight is 317 g/mol. The van der Waals surface area contributed by atoms with Crippen molar-refractivity contribution in [3.05, 3.63) is 20.8 Å². The molecule has 4 heteroatoms. The number of halogens is 1. The van der Waals surface area contributed by atoms with Crippen LogP contribution in [0.1, 0.15) is 37.6 Å². The fourth-order valence-electron chi connectivity index (χ4n) is 2.55. The van der Waals surface area contributed by atoms with E-state index in [4.69, 9.17) is 5.73 Å². The van der Waals surface area contributed by atoms with Crippen molar-refractivity contribution in [2.45, 2.75) is 38.8 Å². The first kappa shape index (κ1) is 13.5. The largest absolute Gasteiger partial charge is 0.328 e.